The minimum absolute atomic E-state index is 0.0423. The van der Waals surface area contributed by atoms with Gasteiger partial charge >= 0.3 is 0 Å². The van der Waals surface area contributed by atoms with Crippen LogP contribution >= 0.6 is 0 Å². The number of hydrogen-bond acceptors (Lipinski definition) is 5. The number of amides is 1. The van der Waals surface area contributed by atoms with E-state index in [4.69, 9.17) is 9.47 Å². The smallest absolute Gasteiger partial charge is 0.224 e. The summed E-state index contributed by atoms with van der Waals surface area (Å²) in [6.45, 7) is 3.28. The van der Waals surface area contributed by atoms with E-state index < -0.39 is 0 Å². The highest BCUT2D eigenvalue weighted by Gasteiger charge is 2.25. The summed E-state index contributed by atoms with van der Waals surface area (Å²) in [5.41, 5.74) is 5.47. The molecule has 1 amide bonds. The van der Waals surface area contributed by atoms with Gasteiger partial charge in [0.05, 0.1) is 5.52 Å². The van der Waals surface area contributed by atoms with Gasteiger partial charge in [0.1, 0.15) is 12.7 Å². The second-order valence-corrected chi connectivity index (χ2v) is 10.4. The molecule has 2 aliphatic heterocycles. The van der Waals surface area contributed by atoms with E-state index in [1.54, 1.807) is 0 Å². The third kappa shape index (κ3) is 4.96. The minimum atomic E-state index is -0.0423. The van der Waals surface area contributed by atoms with Crippen LogP contribution in [0.3, 0.4) is 0 Å². The van der Waals surface area contributed by atoms with Gasteiger partial charge in [0.15, 0.2) is 11.5 Å². The second kappa shape index (κ2) is 9.94. The van der Waals surface area contributed by atoms with E-state index in [-0.39, 0.29) is 12.0 Å². The van der Waals surface area contributed by atoms with E-state index in [0.717, 1.165) is 72.4 Å². The molecule has 3 aromatic rings. The van der Waals surface area contributed by atoms with Crippen molar-refractivity contribution in [1.29, 1.82) is 0 Å². The summed E-state index contributed by atoms with van der Waals surface area (Å²) in [5, 5.41) is 7.80. The topological polar surface area (TPSA) is 72.5 Å². The Labute approximate surface area is 212 Å². The fraction of sp³-hybridized carbons (Fsp3) is 0.400. The molecule has 1 aliphatic carbocycles. The summed E-state index contributed by atoms with van der Waals surface area (Å²) in [6.07, 6.45) is 10.2. The van der Waals surface area contributed by atoms with Crippen molar-refractivity contribution in [2.75, 3.05) is 18.5 Å². The van der Waals surface area contributed by atoms with Crippen LogP contribution in [0.2, 0.25) is 0 Å². The van der Waals surface area contributed by atoms with E-state index in [9.17, 15) is 4.79 Å². The van der Waals surface area contributed by atoms with Gasteiger partial charge < -0.3 is 20.1 Å². The molecule has 0 saturated heterocycles. The number of fused-ring (bicyclic) bond motifs is 4. The van der Waals surface area contributed by atoms with E-state index in [1.165, 1.54) is 11.1 Å². The Balaban J connectivity index is 1.08. The number of carbonyl (C=O) groups is 1. The molecule has 1 aromatic heterocycles. The van der Waals surface area contributed by atoms with Gasteiger partial charge in [-0.2, -0.15) is 0 Å². The first-order chi connectivity index (χ1) is 17.6. The second-order valence-electron chi connectivity index (χ2n) is 10.4. The predicted octanol–water partition coefficient (Wildman–Crippen LogP) is 5.12. The van der Waals surface area contributed by atoms with Gasteiger partial charge in [-0.1, -0.05) is 24.3 Å². The Hall–Kier alpha value is -3.38. The molecule has 6 nitrogen and oxygen atoms in total. The molecule has 0 radical (unpaired) electrons. The van der Waals surface area contributed by atoms with Crippen LogP contribution < -0.4 is 20.1 Å². The molecule has 3 atom stereocenters. The molecule has 6 heteroatoms. The number of hydrogen-bond donors (Lipinski definition) is 2. The van der Waals surface area contributed by atoms with E-state index in [1.807, 2.05) is 25.1 Å². The van der Waals surface area contributed by atoms with Crippen LogP contribution in [-0.2, 0) is 17.6 Å². The molecule has 3 heterocycles. The number of rotatable bonds is 5. The van der Waals surface area contributed by atoms with Crippen molar-refractivity contribution >= 4 is 22.5 Å². The minimum Gasteiger partial charge on any atom is -0.486 e. The molecule has 36 heavy (non-hydrogen) atoms. The van der Waals surface area contributed by atoms with Crippen LogP contribution in [0, 0.1) is 12.8 Å². The Morgan fingerprint density at radius 2 is 2.00 bits per heavy atom. The third-order valence-electron chi connectivity index (χ3n) is 7.54. The SMILES string of the molecule is Cc1ccc2c3c(ccc2n1)OC[C@H](CNC1CC=CCC(Cc2ccc4c(c2)NC(=O)CC4)C1)O3. The van der Waals surface area contributed by atoms with Gasteiger partial charge in [-0.05, 0) is 86.4 Å². The van der Waals surface area contributed by atoms with Gasteiger partial charge in [-0.25, -0.2) is 0 Å². The summed E-state index contributed by atoms with van der Waals surface area (Å²) >= 11 is 0. The normalized spacial score (nSPS) is 23.1. The molecule has 2 unspecified atom stereocenters. The van der Waals surface area contributed by atoms with Crippen molar-refractivity contribution in [2.24, 2.45) is 5.92 Å². The zero-order chi connectivity index (χ0) is 24.5. The quantitative estimate of drug-likeness (QED) is 0.493. The molecule has 0 spiro atoms. The highest BCUT2D eigenvalue weighted by atomic mass is 16.6. The lowest BCUT2D eigenvalue weighted by molar-refractivity contribution is -0.116. The average molecular weight is 484 g/mol. The standard InChI is InChI=1S/C30H33N3O3/c1-19-6-10-25-26(32-19)11-12-28-30(25)36-24(18-35-28)17-31-23-5-3-2-4-20(15-23)14-21-7-8-22-9-13-29(34)33-27(22)16-21/h2-3,6-8,10-12,16,20,23-24,31H,4-5,9,13-15,17-18H2,1H3,(H,33,34)/t20?,23?,24-/m0/s1. The molecule has 0 saturated carbocycles. The molecule has 2 aromatic carbocycles. The molecule has 186 valence electrons. The molecule has 3 aliphatic rings. The molecule has 0 bridgehead atoms. The molecular formula is C30H33N3O3. The zero-order valence-corrected chi connectivity index (χ0v) is 20.8. The van der Waals surface area contributed by atoms with Gasteiger partial charge in [0.25, 0.3) is 0 Å². The zero-order valence-electron chi connectivity index (χ0n) is 20.8. The fourth-order valence-electron chi connectivity index (χ4n) is 5.63. The van der Waals surface area contributed by atoms with Crippen molar-refractivity contribution in [2.45, 2.75) is 57.6 Å². The van der Waals surface area contributed by atoms with Gasteiger partial charge in [-0.15, -0.1) is 0 Å². The van der Waals surface area contributed by atoms with Crippen molar-refractivity contribution in [3.05, 3.63) is 71.4 Å². The molecular weight excluding hydrogens is 450 g/mol. The Morgan fingerprint density at radius 3 is 2.94 bits per heavy atom. The van der Waals surface area contributed by atoms with Gasteiger partial charge in [-0.3, -0.25) is 9.78 Å². The number of ether oxygens (including phenoxy) is 2. The fourth-order valence-corrected chi connectivity index (χ4v) is 5.63. The monoisotopic (exact) mass is 483 g/mol. The number of aryl methyl sites for hydroxylation is 2. The lowest BCUT2D eigenvalue weighted by Gasteiger charge is -2.29. The molecule has 0 fully saturated rings. The maximum atomic E-state index is 11.8. The van der Waals surface area contributed by atoms with Crippen LogP contribution in [0.5, 0.6) is 11.5 Å². The first kappa shape index (κ1) is 23.0. The average Bonchev–Trinajstić information content (AvgIpc) is 3.11. The summed E-state index contributed by atoms with van der Waals surface area (Å²) in [7, 11) is 0. The maximum absolute atomic E-state index is 11.8. The lowest BCUT2D eigenvalue weighted by Crippen LogP contribution is -2.42. The number of anilines is 1. The van der Waals surface area contributed by atoms with Crippen LogP contribution in [0.25, 0.3) is 10.9 Å². The number of aromatic nitrogens is 1. The number of nitrogens with one attached hydrogen (secondary N) is 2. The Kier molecular flexibility index (Phi) is 6.36. The Morgan fingerprint density at radius 1 is 1.08 bits per heavy atom. The number of carbonyl (C=O) groups excluding carboxylic acids is 1. The highest BCUT2D eigenvalue weighted by Crippen LogP contribution is 2.38. The predicted molar refractivity (Wildman–Crippen MR) is 142 cm³/mol. The third-order valence-corrected chi connectivity index (χ3v) is 7.54. The van der Waals surface area contributed by atoms with Crippen molar-refractivity contribution in [1.82, 2.24) is 10.3 Å². The van der Waals surface area contributed by atoms with Crippen LogP contribution in [-0.4, -0.2) is 36.2 Å². The van der Waals surface area contributed by atoms with Crippen molar-refractivity contribution in [3.8, 4) is 11.5 Å². The first-order valence-corrected chi connectivity index (χ1v) is 13.1. The van der Waals surface area contributed by atoms with Crippen LogP contribution in [0.15, 0.2) is 54.6 Å². The van der Waals surface area contributed by atoms with Crippen LogP contribution in [0.4, 0.5) is 5.69 Å². The highest BCUT2D eigenvalue weighted by molar-refractivity contribution is 5.94. The number of allylic oxidation sites excluding steroid dienone is 1. The van der Waals surface area contributed by atoms with E-state index in [0.29, 0.717) is 25.0 Å². The Bertz CT molecular complexity index is 1320. The number of benzene rings is 2. The summed E-state index contributed by atoms with van der Waals surface area (Å²) in [4.78, 5) is 16.4. The number of pyridine rings is 1. The first-order valence-electron chi connectivity index (χ1n) is 13.1. The number of nitrogens with zero attached hydrogens (tertiary/aromatic N) is 1. The molecule has 6 rings (SSSR count). The van der Waals surface area contributed by atoms with Crippen molar-refractivity contribution < 1.29 is 14.3 Å². The summed E-state index contributed by atoms with van der Waals surface area (Å²) in [5.74, 6) is 2.28. The van der Waals surface area contributed by atoms with Crippen LogP contribution in [0.1, 0.15) is 42.5 Å². The lowest BCUT2D eigenvalue weighted by atomic mass is 9.89. The van der Waals surface area contributed by atoms with E-state index >= 15 is 0 Å². The van der Waals surface area contributed by atoms with E-state index in [2.05, 4.69) is 52.0 Å². The largest absolute Gasteiger partial charge is 0.486 e. The van der Waals surface area contributed by atoms with Gasteiger partial charge in [0.2, 0.25) is 5.91 Å². The summed E-state index contributed by atoms with van der Waals surface area (Å²) in [6, 6.07) is 15.0. The summed E-state index contributed by atoms with van der Waals surface area (Å²) < 4.78 is 12.5. The molecule has 2 N–H and O–H groups in total. The maximum Gasteiger partial charge on any atom is 0.224 e. The van der Waals surface area contributed by atoms with Crippen molar-refractivity contribution in [3.63, 3.8) is 0 Å². The van der Waals surface area contributed by atoms with Gasteiger partial charge in [0, 0.05) is 35.8 Å².